The quantitative estimate of drug-likeness (QED) is 0.0195. The number of carbonyl (C=O) groups is 3. The van der Waals surface area contributed by atoms with Crippen molar-refractivity contribution in [2.75, 3.05) is 47.5 Å². The Morgan fingerprint density at radius 1 is 0.455 bits per heavy atom. The van der Waals surface area contributed by atoms with Crippen LogP contribution in [0.25, 0.3) is 0 Å². The summed E-state index contributed by atoms with van der Waals surface area (Å²) in [5, 5.41) is 11.7. The van der Waals surface area contributed by atoms with E-state index in [4.69, 9.17) is 18.9 Å². The average Bonchev–Trinajstić information content (AvgIpc) is 3.28. The second-order valence-corrected chi connectivity index (χ2v) is 19.2. The van der Waals surface area contributed by atoms with Gasteiger partial charge in [0, 0.05) is 12.8 Å². The first-order chi connectivity index (χ1) is 32.1. The van der Waals surface area contributed by atoms with Crippen molar-refractivity contribution in [3.05, 3.63) is 60.8 Å². The van der Waals surface area contributed by atoms with Crippen LogP contribution < -0.4 is 5.11 Å². The molecule has 0 amide bonds. The number of quaternary nitrogens is 1. The molecule has 0 spiro atoms. The van der Waals surface area contributed by atoms with E-state index >= 15 is 0 Å². The Bertz CT molecular complexity index is 1270. The first-order valence-electron chi connectivity index (χ1n) is 26.9. The van der Waals surface area contributed by atoms with Crippen molar-refractivity contribution in [3.63, 3.8) is 0 Å². The van der Waals surface area contributed by atoms with E-state index in [-0.39, 0.29) is 38.6 Å². The highest BCUT2D eigenvalue weighted by atomic mass is 16.7. The fraction of sp³-hybridized carbons (Fsp3) is 0.772. The molecule has 0 aromatic heterocycles. The summed E-state index contributed by atoms with van der Waals surface area (Å²) in [6.07, 6.45) is 56.8. The van der Waals surface area contributed by atoms with Crippen LogP contribution in [0, 0.1) is 0 Å². The number of carboxylic acids is 1. The molecule has 0 heterocycles. The van der Waals surface area contributed by atoms with Gasteiger partial charge >= 0.3 is 11.9 Å². The lowest BCUT2D eigenvalue weighted by atomic mass is 10.1. The van der Waals surface area contributed by atoms with Gasteiger partial charge in [0.2, 0.25) is 0 Å². The molecule has 0 bridgehead atoms. The fourth-order valence-corrected chi connectivity index (χ4v) is 7.28. The van der Waals surface area contributed by atoms with Crippen LogP contribution in [0.5, 0.6) is 0 Å². The summed E-state index contributed by atoms with van der Waals surface area (Å²) in [5.74, 6) is -2.30. The standard InChI is InChI=1S/C57H101NO8/c1-6-8-10-12-14-16-18-20-22-24-26-27-28-29-30-32-34-36-38-40-42-44-46-48-55(60)66-53(52-65-57(56(61)62)63-50-49-58(3,4)5)51-64-54(59)47-45-43-41-39-37-35-33-31-25-23-21-19-17-15-13-11-9-7-2/h17-20,23-26,28-29,53,57H,6-16,21-22,27,30-52H2,1-5H3/b19-17-,20-18-,25-23-,26-24-,29-28-. The van der Waals surface area contributed by atoms with E-state index in [1.54, 1.807) is 0 Å². The van der Waals surface area contributed by atoms with Crippen LogP contribution in [-0.4, -0.2) is 82.3 Å². The summed E-state index contributed by atoms with van der Waals surface area (Å²) >= 11 is 0. The highest BCUT2D eigenvalue weighted by Gasteiger charge is 2.22. The summed E-state index contributed by atoms with van der Waals surface area (Å²) < 4.78 is 22.6. The zero-order chi connectivity index (χ0) is 48.4. The number of esters is 2. The van der Waals surface area contributed by atoms with Gasteiger partial charge in [-0.25, -0.2) is 0 Å². The number of ether oxygens (including phenoxy) is 4. The van der Waals surface area contributed by atoms with Crippen molar-refractivity contribution in [1.29, 1.82) is 0 Å². The maximum atomic E-state index is 12.8. The van der Waals surface area contributed by atoms with Crippen molar-refractivity contribution in [2.24, 2.45) is 0 Å². The molecule has 0 radical (unpaired) electrons. The number of nitrogens with zero attached hydrogens (tertiary/aromatic N) is 1. The lowest BCUT2D eigenvalue weighted by Crippen LogP contribution is -2.44. The Labute approximate surface area is 405 Å². The highest BCUT2D eigenvalue weighted by molar-refractivity contribution is 5.70. The van der Waals surface area contributed by atoms with Crippen LogP contribution >= 0.6 is 0 Å². The number of aliphatic carboxylic acids is 1. The zero-order valence-electron chi connectivity index (χ0n) is 43.3. The minimum absolute atomic E-state index is 0.143. The smallest absolute Gasteiger partial charge is 0.306 e. The van der Waals surface area contributed by atoms with Gasteiger partial charge in [-0.15, -0.1) is 0 Å². The molecule has 2 atom stereocenters. The van der Waals surface area contributed by atoms with Crippen LogP contribution in [0.4, 0.5) is 0 Å². The van der Waals surface area contributed by atoms with Crippen LogP contribution in [0.3, 0.4) is 0 Å². The van der Waals surface area contributed by atoms with E-state index in [1.807, 2.05) is 21.1 Å². The number of rotatable bonds is 49. The van der Waals surface area contributed by atoms with Gasteiger partial charge < -0.3 is 33.3 Å². The molecular weight excluding hydrogens is 827 g/mol. The van der Waals surface area contributed by atoms with E-state index in [1.165, 1.54) is 116 Å². The van der Waals surface area contributed by atoms with Crippen molar-refractivity contribution >= 4 is 17.9 Å². The largest absolute Gasteiger partial charge is 0.545 e. The molecule has 0 fully saturated rings. The van der Waals surface area contributed by atoms with Crippen molar-refractivity contribution < 1.29 is 42.9 Å². The Morgan fingerprint density at radius 2 is 0.818 bits per heavy atom. The molecule has 2 unspecified atom stereocenters. The minimum Gasteiger partial charge on any atom is -0.545 e. The lowest BCUT2D eigenvalue weighted by Gasteiger charge is -2.26. The molecular formula is C57H101NO8. The predicted octanol–water partition coefficient (Wildman–Crippen LogP) is 14.0. The van der Waals surface area contributed by atoms with Crippen molar-refractivity contribution in [3.8, 4) is 0 Å². The van der Waals surface area contributed by atoms with E-state index in [2.05, 4.69) is 74.6 Å². The molecule has 0 saturated heterocycles. The lowest BCUT2D eigenvalue weighted by molar-refractivity contribution is -0.870. The topological polar surface area (TPSA) is 111 Å². The summed E-state index contributed by atoms with van der Waals surface area (Å²) in [6.45, 7) is 4.70. The molecule has 0 aliphatic carbocycles. The normalized spacial score (nSPS) is 13.3. The first-order valence-corrected chi connectivity index (χ1v) is 26.9. The SMILES string of the molecule is CCCCCC/C=C\C/C=C\CCCCCCCCCC(=O)OCC(COC(OCC[N+](C)(C)C)C(=O)[O-])OC(=O)CCCCCCCCCC/C=C\C/C=C\C/C=C\CCCCCCC. The summed E-state index contributed by atoms with van der Waals surface area (Å²) in [7, 11) is 5.91. The van der Waals surface area contributed by atoms with E-state index < -0.39 is 24.3 Å². The third-order valence-electron chi connectivity index (χ3n) is 11.5. The van der Waals surface area contributed by atoms with Gasteiger partial charge in [-0.05, 0) is 83.5 Å². The van der Waals surface area contributed by atoms with Gasteiger partial charge in [0.25, 0.3) is 0 Å². The van der Waals surface area contributed by atoms with Crippen LogP contribution in [0.1, 0.15) is 226 Å². The number of carboxylic acid groups (broad SMARTS) is 1. The van der Waals surface area contributed by atoms with Crippen LogP contribution in [-0.2, 0) is 33.3 Å². The van der Waals surface area contributed by atoms with Crippen LogP contribution in [0.15, 0.2) is 60.8 Å². The van der Waals surface area contributed by atoms with E-state index in [0.29, 0.717) is 17.4 Å². The molecule has 382 valence electrons. The predicted molar refractivity (Wildman–Crippen MR) is 274 cm³/mol. The Kier molecular flexibility index (Phi) is 46.2. The fourth-order valence-electron chi connectivity index (χ4n) is 7.28. The van der Waals surface area contributed by atoms with Gasteiger partial charge in [0.1, 0.15) is 13.2 Å². The van der Waals surface area contributed by atoms with Gasteiger partial charge in [-0.2, -0.15) is 0 Å². The molecule has 0 saturated carbocycles. The maximum absolute atomic E-state index is 12.8. The zero-order valence-corrected chi connectivity index (χ0v) is 43.3. The number of hydrogen-bond acceptors (Lipinski definition) is 8. The number of likely N-dealkylation sites (N-methyl/N-ethyl adjacent to an activating group) is 1. The number of hydrogen-bond donors (Lipinski definition) is 0. The molecule has 9 heteroatoms. The number of allylic oxidation sites excluding steroid dienone is 10. The molecule has 9 nitrogen and oxygen atoms in total. The molecule has 66 heavy (non-hydrogen) atoms. The maximum Gasteiger partial charge on any atom is 0.306 e. The third kappa shape index (κ3) is 48.9. The second kappa shape index (κ2) is 48.4. The van der Waals surface area contributed by atoms with Gasteiger partial charge in [0.15, 0.2) is 12.4 Å². The summed E-state index contributed by atoms with van der Waals surface area (Å²) in [6, 6.07) is 0. The Balaban J connectivity index is 4.35. The van der Waals surface area contributed by atoms with Gasteiger partial charge in [-0.1, -0.05) is 190 Å². The first kappa shape index (κ1) is 63.0. The Morgan fingerprint density at radius 3 is 1.23 bits per heavy atom. The van der Waals surface area contributed by atoms with E-state index in [9.17, 15) is 19.5 Å². The molecule has 0 aromatic rings. The summed E-state index contributed by atoms with van der Waals surface area (Å²) in [5.41, 5.74) is 0. The third-order valence-corrected chi connectivity index (χ3v) is 11.5. The highest BCUT2D eigenvalue weighted by Crippen LogP contribution is 2.14. The number of unbranched alkanes of at least 4 members (excludes halogenated alkanes) is 24. The molecule has 0 aliphatic heterocycles. The van der Waals surface area contributed by atoms with Gasteiger partial charge in [-0.3, -0.25) is 9.59 Å². The van der Waals surface area contributed by atoms with Crippen molar-refractivity contribution in [2.45, 2.75) is 238 Å². The van der Waals surface area contributed by atoms with Crippen LogP contribution in [0.2, 0.25) is 0 Å². The van der Waals surface area contributed by atoms with Gasteiger partial charge in [0.05, 0.1) is 40.3 Å². The monoisotopic (exact) mass is 928 g/mol. The molecule has 0 aliphatic rings. The van der Waals surface area contributed by atoms with Crippen molar-refractivity contribution in [1.82, 2.24) is 0 Å². The van der Waals surface area contributed by atoms with E-state index in [0.717, 1.165) is 77.0 Å². The molecule has 0 aromatic carbocycles. The summed E-state index contributed by atoms with van der Waals surface area (Å²) in [4.78, 5) is 37.2. The minimum atomic E-state index is -1.63. The average molecular weight is 928 g/mol. The number of carbonyl (C=O) groups excluding carboxylic acids is 3. The Hall–Kier alpha value is -3.01. The molecule has 0 rings (SSSR count). The second-order valence-electron chi connectivity index (χ2n) is 19.2. The molecule has 0 N–H and O–H groups in total.